The predicted molar refractivity (Wildman–Crippen MR) is 84.1 cm³/mol. The van der Waals surface area contributed by atoms with E-state index < -0.39 is 0 Å². The second-order valence-corrected chi connectivity index (χ2v) is 5.38. The maximum atomic E-state index is 5.94. The maximum Gasteiger partial charge on any atom is 0.124 e. The Kier molecular flexibility index (Phi) is 6.83. The van der Waals surface area contributed by atoms with Gasteiger partial charge in [-0.15, -0.1) is 0 Å². The van der Waals surface area contributed by atoms with Crippen LogP contribution in [-0.4, -0.2) is 33.0 Å². The molecule has 1 aromatic rings. The lowest BCUT2D eigenvalue weighted by Crippen LogP contribution is -2.13. The highest BCUT2D eigenvalue weighted by Gasteiger charge is 2.14. The summed E-state index contributed by atoms with van der Waals surface area (Å²) in [5.74, 6) is 1.82. The molecule has 4 nitrogen and oxygen atoms in total. The van der Waals surface area contributed by atoms with E-state index in [1.807, 2.05) is 18.2 Å². The molecule has 0 saturated carbocycles. The van der Waals surface area contributed by atoms with E-state index in [9.17, 15) is 0 Å². The van der Waals surface area contributed by atoms with Crippen molar-refractivity contribution >= 4 is 0 Å². The summed E-state index contributed by atoms with van der Waals surface area (Å²) in [5.41, 5.74) is 1.15. The first kappa shape index (κ1) is 16.1. The fraction of sp³-hybridized carbons (Fsp3) is 0.647. The van der Waals surface area contributed by atoms with Gasteiger partial charge in [-0.25, -0.2) is 0 Å². The van der Waals surface area contributed by atoms with Crippen molar-refractivity contribution in [1.82, 2.24) is 5.32 Å². The fourth-order valence-corrected chi connectivity index (χ4v) is 2.59. The van der Waals surface area contributed by atoms with Crippen LogP contribution >= 0.6 is 0 Å². The maximum absolute atomic E-state index is 5.94. The molecule has 0 radical (unpaired) electrons. The second-order valence-electron chi connectivity index (χ2n) is 5.38. The Morgan fingerprint density at radius 3 is 3.00 bits per heavy atom. The normalized spacial score (nSPS) is 17.9. The first-order chi connectivity index (χ1) is 10.3. The van der Waals surface area contributed by atoms with E-state index in [0.29, 0.717) is 6.10 Å². The molecule has 0 aromatic heterocycles. The Balaban J connectivity index is 1.82. The summed E-state index contributed by atoms with van der Waals surface area (Å²) in [6.45, 7) is 5.51. The van der Waals surface area contributed by atoms with Gasteiger partial charge in [0.15, 0.2) is 0 Å². The first-order valence-electron chi connectivity index (χ1n) is 7.95. The smallest absolute Gasteiger partial charge is 0.124 e. The van der Waals surface area contributed by atoms with Crippen LogP contribution in [0.5, 0.6) is 11.5 Å². The zero-order chi connectivity index (χ0) is 14.9. The molecule has 1 aliphatic rings. The molecule has 4 heteroatoms. The number of nitrogens with one attached hydrogen (secondary N) is 1. The van der Waals surface area contributed by atoms with Gasteiger partial charge in [-0.2, -0.15) is 0 Å². The zero-order valence-electron chi connectivity index (χ0n) is 13.2. The third-order valence-corrected chi connectivity index (χ3v) is 3.79. The molecular weight excluding hydrogens is 266 g/mol. The average molecular weight is 293 g/mol. The molecule has 1 saturated heterocycles. The molecule has 1 fully saturated rings. The molecule has 21 heavy (non-hydrogen) atoms. The minimum Gasteiger partial charge on any atom is -0.497 e. The van der Waals surface area contributed by atoms with Crippen LogP contribution in [0.3, 0.4) is 0 Å². The van der Waals surface area contributed by atoms with Crippen molar-refractivity contribution in [1.29, 1.82) is 0 Å². The Bertz CT molecular complexity index is 416. The number of rotatable bonds is 9. The van der Waals surface area contributed by atoms with Crippen molar-refractivity contribution in [2.45, 2.75) is 45.3 Å². The van der Waals surface area contributed by atoms with Crippen LogP contribution in [0.2, 0.25) is 0 Å². The van der Waals surface area contributed by atoms with Crippen LogP contribution in [0.1, 0.15) is 38.2 Å². The molecule has 1 atom stereocenters. The number of hydrogen-bond donors (Lipinski definition) is 1. The van der Waals surface area contributed by atoms with E-state index in [1.165, 1.54) is 12.8 Å². The first-order valence-corrected chi connectivity index (χ1v) is 7.95. The molecule has 118 valence electrons. The van der Waals surface area contributed by atoms with Crippen molar-refractivity contribution in [2.75, 3.05) is 26.9 Å². The highest BCUT2D eigenvalue weighted by atomic mass is 16.5. The largest absolute Gasteiger partial charge is 0.497 e. The third kappa shape index (κ3) is 5.21. The lowest BCUT2D eigenvalue weighted by Gasteiger charge is -2.14. The minimum absolute atomic E-state index is 0.450. The van der Waals surface area contributed by atoms with Crippen molar-refractivity contribution in [3.05, 3.63) is 23.8 Å². The summed E-state index contributed by atoms with van der Waals surface area (Å²) in [6.07, 6.45) is 4.99. The van der Waals surface area contributed by atoms with Crippen LogP contribution in [-0.2, 0) is 11.3 Å². The van der Waals surface area contributed by atoms with Gasteiger partial charge in [-0.1, -0.05) is 6.92 Å². The summed E-state index contributed by atoms with van der Waals surface area (Å²) < 4.78 is 16.9. The van der Waals surface area contributed by atoms with Gasteiger partial charge < -0.3 is 19.5 Å². The van der Waals surface area contributed by atoms with Gasteiger partial charge >= 0.3 is 0 Å². The van der Waals surface area contributed by atoms with Gasteiger partial charge in [0.25, 0.3) is 0 Å². The van der Waals surface area contributed by atoms with Gasteiger partial charge in [-0.05, 0) is 50.4 Å². The number of hydrogen-bond acceptors (Lipinski definition) is 4. The van der Waals surface area contributed by atoms with Crippen LogP contribution in [0.25, 0.3) is 0 Å². The van der Waals surface area contributed by atoms with Gasteiger partial charge in [0.2, 0.25) is 0 Å². The Hall–Kier alpha value is -1.26. The molecule has 0 amide bonds. The van der Waals surface area contributed by atoms with Gasteiger partial charge in [-0.3, -0.25) is 0 Å². The number of methoxy groups -OCH3 is 1. The molecule has 0 bridgehead atoms. The molecule has 1 heterocycles. The highest BCUT2D eigenvalue weighted by Crippen LogP contribution is 2.25. The van der Waals surface area contributed by atoms with Crippen molar-refractivity contribution in [3.63, 3.8) is 0 Å². The summed E-state index contributed by atoms with van der Waals surface area (Å²) >= 11 is 0. The molecular formula is C17H27NO3. The van der Waals surface area contributed by atoms with Gasteiger partial charge in [0, 0.05) is 18.7 Å². The van der Waals surface area contributed by atoms with E-state index in [1.54, 1.807) is 7.11 Å². The molecule has 0 aliphatic carbocycles. The van der Waals surface area contributed by atoms with Gasteiger partial charge in [0.05, 0.1) is 19.8 Å². The van der Waals surface area contributed by atoms with E-state index in [-0.39, 0.29) is 0 Å². The summed E-state index contributed by atoms with van der Waals surface area (Å²) in [5, 5.41) is 3.34. The molecule has 1 aliphatic heterocycles. The Morgan fingerprint density at radius 2 is 2.29 bits per heavy atom. The summed E-state index contributed by atoms with van der Waals surface area (Å²) in [6, 6.07) is 5.99. The lowest BCUT2D eigenvalue weighted by atomic mass is 10.1. The fourth-order valence-electron chi connectivity index (χ4n) is 2.59. The molecule has 1 N–H and O–H groups in total. The summed E-state index contributed by atoms with van der Waals surface area (Å²) in [7, 11) is 1.69. The third-order valence-electron chi connectivity index (χ3n) is 3.79. The molecule has 2 rings (SSSR count). The monoisotopic (exact) mass is 293 g/mol. The number of benzene rings is 1. The van der Waals surface area contributed by atoms with E-state index in [0.717, 1.165) is 56.2 Å². The predicted octanol–water partition coefficient (Wildman–Crippen LogP) is 3.14. The summed E-state index contributed by atoms with van der Waals surface area (Å²) in [4.78, 5) is 0. The number of ether oxygens (including phenoxy) is 3. The minimum atomic E-state index is 0.450. The Labute approximate surface area is 127 Å². The van der Waals surface area contributed by atoms with Crippen molar-refractivity contribution in [2.24, 2.45) is 0 Å². The van der Waals surface area contributed by atoms with Gasteiger partial charge in [0.1, 0.15) is 11.5 Å². The van der Waals surface area contributed by atoms with E-state index in [2.05, 4.69) is 12.2 Å². The topological polar surface area (TPSA) is 39.7 Å². The van der Waals surface area contributed by atoms with E-state index in [4.69, 9.17) is 14.2 Å². The Morgan fingerprint density at radius 1 is 1.38 bits per heavy atom. The highest BCUT2D eigenvalue weighted by molar-refractivity contribution is 5.40. The van der Waals surface area contributed by atoms with E-state index >= 15 is 0 Å². The van der Waals surface area contributed by atoms with Crippen LogP contribution in [0.4, 0.5) is 0 Å². The lowest BCUT2D eigenvalue weighted by molar-refractivity contribution is 0.0981. The standard InChI is InChI=1S/C17H27NO3/c1-3-18-13-14-12-16(19-2)8-9-17(14)21-11-5-7-15-6-4-10-20-15/h8-9,12,15,18H,3-7,10-11,13H2,1-2H3. The van der Waals surface area contributed by atoms with Crippen molar-refractivity contribution in [3.8, 4) is 11.5 Å². The molecule has 0 spiro atoms. The molecule has 1 unspecified atom stereocenters. The quantitative estimate of drug-likeness (QED) is 0.710. The van der Waals surface area contributed by atoms with Crippen LogP contribution < -0.4 is 14.8 Å². The SMILES string of the molecule is CCNCc1cc(OC)ccc1OCCCC1CCCO1. The van der Waals surface area contributed by atoms with Crippen LogP contribution in [0, 0.1) is 0 Å². The molecule has 1 aromatic carbocycles. The second kappa shape index (κ2) is 8.90. The zero-order valence-corrected chi connectivity index (χ0v) is 13.2. The average Bonchev–Trinajstić information content (AvgIpc) is 3.03. The van der Waals surface area contributed by atoms with Crippen molar-refractivity contribution < 1.29 is 14.2 Å². The van der Waals surface area contributed by atoms with Crippen LogP contribution in [0.15, 0.2) is 18.2 Å².